The Labute approximate surface area is 134 Å². The molecule has 0 aromatic carbocycles. The summed E-state index contributed by atoms with van der Waals surface area (Å²) in [6.45, 7) is 4.93. The van der Waals surface area contributed by atoms with Crippen molar-refractivity contribution in [1.29, 1.82) is 0 Å². The van der Waals surface area contributed by atoms with Gasteiger partial charge in [0.25, 0.3) is 5.91 Å². The number of hydrogen-bond acceptors (Lipinski definition) is 5. The van der Waals surface area contributed by atoms with Gasteiger partial charge < -0.3 is 10.0 Å². The van der Waals surface area contributed by atoms with E-state index in [4.69, 9.17) is 5.11 Å². The van der Waals surface area contributed by atoms with Crippen molar-refractivity contribution in [3.05, 3.63) is 23.0 Å². The highest BCUT2D eigenvalue weighted by Gasteiger charge is 2.21. The van der Waals surface area contributed by atoms with Gasteiger partial charge in [0.1, 0.15) is 9.88 Å². The molecule has 0 spiro atoms. The molecule has 1 amide bonds. The maximum Gasteiger partial charge on any atom is 0.265 e. The molecule has 0 aliphatic rings. The molecule has 0 atom stereocenters. The molecule has 0 unspecified atom stereocenters. The van der Waals surface area contributed by atoms with E-state index in [0.717, 1.165) is 29.1 Å². The second-order valence-electron chi connectivity index (χ2n) is 5.21. The Hall–Kier alpha value is -1.73. The van der Waals surface area contributed by atoms with E-state index >= 15 is 0 Å². The Morgan fingerprint density at radius 1 is 1.45 bits per heavy atom. The van der Waals surface area contributed by atoms with Crippen molar-refractivity contribution in [2.45, 2.75) is 26.7 Å². The smallest absolute Gasteiger partial charge is 0.265 e. The van der Waals surface area contributed by atoms with Gasteiger partial charge in [-0.25, -0.2) is 4.98 Å². The average molecular weight is 322 g/mol. The summed E-state index contributed by atoms with van der Waals surface area (Å²) in [6.07, 6.45) is 5.57. The van der Waals surface area contributed by atoms with Gasteiger partial charge in [-0.05, 0) is 13.3 Å². The molecular weight excluding hydrogens is 300 g/mol. The van der Waals surface area contributed by atoms with Crippen molar-refractivity contribution < 1.29 is 9.90 Å². The van der Waals surface area contributed by atoms with Gasteiger partial charge in [0.2, 0.25) is 0 Å². The minimum absolute atomic E-state index is 0.0250. The lowest BCUT2D eigenvalue weighted by Gasteiger charge is -2.20. The first kappa shape index (κ1) is 16.6. The summed E-state index contributed by atoms with van der Waals surface area (Å²) in [4.78, 5) is 19.5. The van der Waals surface area contributed by atoms with E-state index in [1.165, 1.54) is 11.3 Å². The minimum Gasteiger partial charge on any atom is -0.395 e. The van der Waals surface area contributed by atoms with E-state index in [9.17, 15) is 4.79 Å². The summed E-state index contributed by atoms with van der Waals surface area (Å²) in [5.41, 5.74) is 1.64. The summed E-state index contributed by atoms with van der Waals surface area (Å²) in [6, 6.07) is 0. The van der Waals surface area contributed by atoms with Crippen molar-refractivity contribution >= 4 is 17.2 Å². The molecule has 120 valence electrons. The van der Waals surface area contributed by atoms with Crippen LogP contribution in [-0.2, 0) is 7.05 Å². The number of aliphatic hydroxyl groups is 1. The van der Waals surface area contributed by atoms with E-state index in [-0.39, 0.29) is 12.5 Å². The predicted octanol–water partition coefficient (Wildman–Crippen LogP) is 2.09. The Morgan fingerprint density at radius 3 is 2.82 bits per heavy atom. The highest BCUT2D eigenvalue weighted by molar-refractivity contribution is 7.17. The highest BCUT2D eigenvalue weighted by atomic mass is 32.1. The number of amides is 1. The topological polar surface area (TPSA) is 71.2 Å². The molecule has 0 fully saturated rings. The zero-order valence-electron chi connectivity index (χ0n) is 13.2. The predicted molar refractivity (Wildman–Crippen MR) is 87.0 cm³/mol. The molecule has 0 bridgehead atoms. The zero-order valence-corrected chi connectivity index (χ0v) is 14.1. The molecule has 1 N–H and O–H groups in total. The molecule has 0 radical (unpaired) electrons. The van der Waals surface area contributed by atoms with E-state index in [1.54, 1.807) is 15.8 Å². The van der Waals surface area contributed by atoms with Crippen molar-refractivity contribution in [2.75, 3.05) is 19.7 Å². The molecule has 2 aromatic heterocycles. The number of aromatic nitrogens is 3. The molecule has 0 saturated heterocycles. The number of rotatable bonds is 7. The molecule has 2 heterocycles. The summed E-state index contributed by atoms with van der Waals surface area (Å²) in [5, 5.41) is 14.1. The van der Waals surface area contributed by atoms with Gasteiger partial charge in [0.05, 0.1) is 18.5 Å². The quantitative estimate of drug-likeness (QED) is 0.847. The van der Waals surface area contributed by atoms with Crippen LogP contribution >= 0.6 is 11.3 Å². The van der Waals surface area contributed by atoms with Crippen LogP contribution in [0.5, 0.6) is 0 Å². The molecule has 6 nitrogen and oxygen atoms in total. The maximum atomic E-state index is 12.7. The number of aryl methyl sites for hydroxylation is 2. The van der Waals surface area contributed by atoms with E-state index in [1.807, 2.05) is 20.2 Å². The lowest BCUT2D eigenvalue weighted by atomic mass is 10.3. The number of carbonyl (C=O) groups excluding carboxylic acids is 1. The van der Waals surface area contributed by atoms with E-state index in [2.05, 4.69) is 17.0 Å². The molecule has 2 rings (SSSR count). The first-order chi connectivity index (χ1) is 10.6. The number of hydrogen-bond donors (Lipinski definition) is 1. The first-order valence-electron chi connectivity index (χ1n) is 7.43. The van der Waals surface area contributed by atoms with Crippen LogP contribution in [0.25, 0.3) is 10.6 Å². The van der Waals surface area contributed by atoms with Crippen LogP contribution < -0.4 is 0 Å². The molecule has 0 saturated carbocycles. The average Bonchev–Trinajstić information content (AvgIpc) is 3.08. The fourth-order valence-corrected chi connectivity index (χ4v) is 3.19. The van der Waals surface area contributed by atoms with E-state index < -0.39 is 0 Å². The van der Waals surface area contributed by atoms with Gasteiger partial charge in [-0.1, -0.05) is 13.3 Å². The van der Waals surface area contributed by atoms with Crippen LogP contribution in [0, 0.1) is 6.92 Å². The van der Waals surface area contributed by atoms with Crippen LogP contribution in [0.3, 0.4) is 0 Å². The normalized spacial score (nSPS) is 10.9. The lowest BCUT2D eigenvalue weighted by molar-refractivity contribution is 0.0723. The van der Waals surface area contributed by atoms with E-state index in [0.29, 0.717) is 18.0 Å². The highest BCUT2D eigenvalue weighted by Crippen LogP contribution is 2.28. The molecule has 0 aliphatic carbocycles. The van der Waals surface area contributed by atoms with Gasteiger partial charge in [0.15, 0.2) is 0 Å². The van der Waals surface area contributed by atoms with Crippen LogP contribution in [-0.4, -0.2) is 50.4 Å². The maximum absolute atomic E-state index is 12.7. The monoisotopic (exact) mass is 322 g/mol. The largest absolute Gasteiger partial charge is 0.395 e. The summed E-state index contributed by atoms with van der Waals surface area (Å²) >= 11 is 1.38. The molecule has 7 heteroatoms. The molecular formula is C15H22N4O2S. The summed E-state index contributed by atoms with van der Waals surface area (Å²) in [5.74, 6) is -0.0485. The molecule has 2 aromatic rings. The summed E-state index contributed by atoms with van der Waals surface area (Å²) in [7, 11) is 1.85. The van der Waals surface area contributed by atoms with Crippen LogP contribution in [0.4, 0.5) is 0 Å². The zero-order chi connectivity index (χ0) is 16.1. The second kappa shape index (κ2) is 7.51. The number of unbranched alkanes of at least 4 members (excludes halogenated alkanes) is 1. The van der Waals surface area contributed by atoms with Crippen molar-refractivity contribution in [2.24, 2.45) is 7.05 Å². The standard InChI is InChI=1S/C15H22N4O2S/c1-4-5-6-19(7-8-20)15(21)13-11(2)17-14(22-13)12-9-16-18(3)10-12/h9-10,20H,4-8H2,1-3H3. The second-order valence-corrected chi connectivity index (χ2v) is 6.20. The van der Waals surface area contributed by atoms with Crippen LogP contribution in [0.1, 0.15) is 35.1 Å². The van der Waals surface area contributed by atoms with Crippen molar-refractivity contribution in [1.82, 2.24) is 19.7 Å². The first-order valence-corrected chi connectivity index (χ1v) is 8.25. The van der Waals surface area contributed by atoms with Gasteiger partial charge in [-0.2, -0.15) is 5.10 Å². The Balaban J connectivity index is 2.23. The third-order valence-corrected chi connectivity index (χ3v) is 4.58. The summed E-state index contributed by atoms with van der Waals surface area (Å²) < 4.78 is 1.72. The Kier molecular flexibility index (Phi) is 5.68. The van der Waals surface area contributed by atoms with Gasteiger partial charge in [0, 0.05) is 31.9 Å². The van der Waals surface area contributed by atoms with Gasteiger partial charge in [-0.3, -0.25) is 9.48 Å². The van der Waals surface area contributed by atoms with Crippen LogP contribution in [0.15, 0.2) is 12.4 Å². The molecule has 0 aliphatic heterocycles. The number of thiazole rings is 1. The fourth-order valence-electron chi connectivity index (χ4n) is 2.18. The Morgan fingerprint density at radius 2 is 2.23 bits per heavy atom. The third kappa shape index (κ3) is 3.72. The fraction of sp³-hybridized carbons (Fsp3) is 0.533. The van der Waals surface area contributed by atoms with Gasteiger partial charge >= 0.3 is 0 Å². The Bertz CT molecular complexity index is 635. The third-order valence-electron chi connectivity index (χ3n) is 3.38. The number of carbonyl (C=O) groups is 1. The number of aliphatic hydroxyl groups excluding tert-OH is 1. The van der Waals surface area contributed by atoms with Crippen molar-refractivity contribution in [3.8, 4) is 10.6 Å². The van der Waals surface area contributed by atoms with Crippen LogP contribution in [0.2, 0.25) is 0 Å². The van der Waals surface area contributed by atoms with Gasteiger partial charge in [-0.15, -0.1) is 11.3 Å². The SMILES string of the molecule is CCCCN(CCO)C(=O)c1sc(-c2cnn(C)c2)nc1C. The minimum atomic E-state index is -0.0485. The lowest BCUT2D eigenvalue weighted by Crippen LogP contribution is -2.34. The number of nitrogens with zero attached hydrogens (tertiary/aromatic N) is 4. The molecule has 22 heavy (non-hydrogen) atoms. The van der Waals surface area contributed by atoms with Crippen molar-refractivity contribution in [3.63, 3.8) is 0 Å².